The van der Waals surface area contributed by atoms with E-state index in [1.165, 1.54) is 0 Å². The minimum atomic E-state index is -0.190. The fourth-order valence-corrected chi connectivity index (χ4v) is 2.35. The maximum Gasteiger partial charge on any atom is 0.293 e. The summed E-state index contributed by atoms with van der Waals surface area (Å²) in [5.41, 5.74) is 1.42. The summed E-state index contributed by atoms with van der Waals surface area (Å²) in [5, 5.41) is 0.857. The topological polar surface area (TPSA) is 42.7 Å². The Kier molecular flexibility index (Phi) is 3.83. The molecule has 1 aromatic heterocycles. The van der Waals surface area contributed by atoms with Crippen LogP contribution in [-0.4, -0.2) is 19.6 Å². The third-order valence-electron chi connectivity index (χ3n) is 3.47. The zero-order valence-electron chi connectivity index (χ0n) is 12.6. The minimum absolute atomic E-state index is 0.190. The van der Waals surface area contributed by atoms with Crippen molar-refractivity contribution in [2.75, 3.05) is 18.6 Å². The lowest BCUT2D eigenvalue weighted by Crippen LogP contribution is -2.25. The van der Waals surface area contributed by atoms with Gasteiger partial charge >= 0.3 is 0 Å². The molecule has 2 aromatic carbocycles. The molecule has 3 aromatic rings. The Balaban J connectivity index is 1.96. The smallest absolute Gasteiger partial charge is 0.293 e. The maximum absolute atomic E-state index is 12.6. The number of carbonyl (C=O) groups is 1. The van der Waals surface area contributed by atoms with E-state index in [2.05, 4.69) is 0 Å². The molecule has 0 saturated carbocycles. The second kappa shape index (κ2) is 5.93. The van der Waals surface area contributed by atoms with Crippen molar-refractivity contribution in [2.24, 2.45) is 0 Å². The van der Waals surface area contributed by atoms with Gasteiger partial charge in [-0.15, -0.1) is 0 Å². The number of benzene rings is 2. The Morgan fingerprint density at radius 1 is 1.14 bits per heavy atom. The number of nitrogens with zero attached hydrogens (tertiary/aromatic N) is 1. The molecule has 0 atom stereocenters. The van der Waals surface area contributed by atoms with Crippen molar-refractivity contribution in [1.82, 2.24) is 0 Å². The van der Waals surface area contributed by atoms with E-state index in [0.29, 0.717) is 23.7 Å². The first kappa shape index (κ1) is 14.2. The number of carbonyl (C=O) groups excluding carboxylic acids is 1. The molecule has 112 valence electrons. The molecule has 0 aliphatic carbocycles. The number of para-hydroxylation sites is 2. The van der Waals surface area contributed by atoms with Gasteiger partial charge in [0.2, 0.25) is 0 Å². The molecule has 0 spiro atoms. The van der Waals surface area contributed by atoms with Crippen LogP contribution in [0.4, 0.5) is 5.69 Å². The molecule has 4 nitrogen and oxygen atoms in total. The first-order valence-corrected chi connectivity index (χ1v) is 7.19. The molecule has 0 aliphatic rings. The highest BCUT2D eigenvalue weighted by Crippen LogP contribution is 2.29. The van der Waals surface area contributed by atoms with E-state index >= 15 is 0 Å². The summed E-state index contributed by atoms with van der Waals surface area (Å²) in [6.45, 7) is 2.46. The lowest BCUT2D eigenvalue weighted by molar-refractivity contribution is 0.0968. The van der Waals surface area contributed by atoms with Crippen LogP contribution in [0.15, 0.2) is 59.0 Å². The van der Waals surface area contributed by atoms with Crippen LogP contribution in [0.5, 0.6) is 5.75 Å². The average Bonchev–Trinajstić information content (AvgIpc) is 3.00. The predicted molar refractivity (Wildman–Crippen MR) is 86.6 cm³/mol. The molecule has 0 radical (unpaired) electrons. The zero-order valence-corrected chi connectivity index (χ0v) is 12.6. The molecule has 0 bridgehead atoms. The van der Waals surface area contributed by atoms with Gasteiger partial charge in [0.15, 0.2) is 17.1 Å². The van der Waals surface area contributed by atoms with Crippen LogP contribution in [0.3, 0.4) is 0 Å². The molecule has 0 fully saturated rings. The van der Waals surface area contributed by atoms with Gasteiger partial charge in [0, 0.05) is 18.1 Å². The number of fused-ring (bicyclic) bond motifs is 1. The van der Waals surface area contributed by atoms with E-state index in [-0.39, 0.29) is 5.91 Å². The Bertz CT molecular complexity index is 792. The van der Waals surface area contributed by atoms with Crippen LogP contribution in [0, 0.1) is 0 Å². The highest BCUT2D eigenvalue weighted by atomic mass is 16.5. The fourth-order valence-electron chi connectivity index (χ4n) is 2.35. The molecule has 0 aliphatic heterocycles. The van der Waals surface area contributed by atoms with Crippen LogP contribution in [0.2, 0.25) is 0 Å². The highest BCUT2D eigenvalue weighted by Gasteiger charge is 2.19. The molecule has 0 saturated heterocycles. The third-order valence-corrected chi connectivity index (χ3v) is 3.47. The van der Waals surface area contributed by atoms with E-state index in [9.17, 15) is 4.79 Å². The van der Waals surface area contributed by atoms with Gasteiger partial charge in [0.25, 0.3) is 5.91 Å². The summed E-state index contributed by atoms with van der Waals surface area (Å²) in [6, 6.07) is 16.8. The molecule has 1 amide bonds. The molecule has 0 N–H and O–H groups in total. The van der Waals surface area contributed by atoms with Crippen molar-refractivity contribution in [3.05, 3.63) is 60.4 Å². The van der Waals surface area contributed by atoms with Gasteiger partial charge in [-0.1, -0.05) is 30.3 Å². The zero-order chi connectivity index (χ0) is 15.5. The van der Waals surface area contributed by atoms with Crippen molar-refractivity contribution in [1.29, 1.82) is 0 Å². The molecule has 4 heteroatoms. The van der Waals surface area contributed by atoms with Crippen LogP contribution in [-0.2, 0) is 0 Å². The van der Waals surface area contributed by atoms with Crippen LogP contribution >= 0.6 is 0 Å². The Morgan fingerprint density at radius 3 is 2.64 bits per heavy atom. The Hall–Kier alpha value is -2.75. The number of rotatable bonds is 4. The first-order valence-electron chi connectivity index (χ1n) is 7.19. The first-order chi connectivity index (χ1) is 10.7. The maximum atomic E-state index is 12.6. The SMILES string of the molecule is CCOc1cccc2cc(C(=O)N(C)c3ccccc3)oc12. The van der Waals surface area contributed by atoms with Gasteiger partial charge in [-0.3, -0.25) is 4.79 Å². The summed E-state index contributed by atoms with van der Waals surface area (Å²) < 4.78 is 11.3. The van der Waals surface area contributed by atoms with Crippen molar-refractivity contribution in [3.8, 4) is 5.75 Å². The second-order valence-corrected chi connectivity index (χ2v) is 4.92. The molecule has 3 rings (SSSR count). The summed E-state index contributed by atoms with van der Waals surface area (Å²) >= 11 is 0. The number of hydrogen-bond donors (Lipinski definition) is 0. The van der Waals surface area contributed by atoms with Crippen LogP contribution in [0.1, 0.15) is 17.5 Å². The molecule has 0 unspecified atom stereocenters. The van der Waals surface area contributed by atoms with Crippen molar-refractivity contribution in [2.45, 2.75) is 6.92 Å². The van der Waals surface area contributed by atoms with Crippen LogP contribution in [0.25, 0.3) is 11.0 Å². The van der Waals surface area contributed by atoms with Gasteiger partial charge in [-0.2, -0.15) is 0 Å². The summed E-state index contributed by atoms with van der Waals surface area (Å²) in [4.78, 5) is 14.1. The number of anilines is 1. The van der Waals surface area contributed by atoms with Gasteiger partial charge < -0.3 is 14.1 Å². The van der Waals surface area contributed by atoms with Crippen molar-refractivity contribution in [3.63, 3.8) is 0 Å². The molecular weight excluding hydrogens is 278 g/mol. The van der Waals surface area contributed by atoms with Crippen molar-refractivity contribution < 1.29 is 13.9 Å². The number of ether oxygens (including phenoxy) is 1. The van der Waals surface area contributed by atoms with E-state index in [4.69, 9.17) is 9.15 Å². The lowest BCUT2D eigenvalue weighted by Gasteiger charge is -2.15. The van der Waals surface area contributed by atoms with Gasteiger partial charge in [-0.25, -0.2) is 0 Å². The van der Waals surface area contributed by atoms with Crippen molar-refractivity contribution >= 4 is 22.6 Å². The molecular formula is C18H17NO3. The number of furan rings is 1. The second-order valence-electron chi connectivity index (χ2n) is 4.92. The van der Waals surface area contributed by atoms with Gasteiger partial charge in [0.05, 0.1) is 6.61 Å². The van der Waals surface area contributed by atoms with Crippen LogP contribution < -0.4 is 9.64 Å². The monoisotopic (exact) mass is 295 g/mol. The molecule has 1 heterocycles. The number of hydrogen-bond acceptors (Lipinski definition) is 3. The number of amides is 1. The molecule has 22 heavy (non-hydrogen) atoms. The summed E-state index contributed by atoms with van der Waals surface area (Å²) in [6.07, 6.45) is 0. The Labute approximate surface area is 128 Å². The third kappa shape index (κ3) is 2.55. The van der Waals surface area contributed by atoms with E-state index in [0.717, 1.165) is 11.1 Å². The van der Waals surface area contributed by atoms with Gasteiger partial charge in [-0.05, 0) is 31.2 Å². The normalized spacial score (nSPS) is 10.6. The van der Waals surface area contributed by atoms with E-state index in [1.54, 1.807) is 18.0 Å². The highest BCUT2D eigenvalue weighted by molar-refractivity contribution is 6.06. The average molecular weight is 295 g/mol. The summed E-state index contributed by atoms with van der Waals surface area (Å²) in [5.74, 6) is 0.764. The Morgan fingerprint density at radius 2 is 1.91 bits per heavy atom. The van der Waals surface area contributed by atoms with E-state index in [1.807, 2.05) is 55.5 Å². The largest absolute Gasteiger partial charge is 0.490 e. The standard InChI is InChI=1S/C18H17NO3/c1-3-21-15-11-7-8-13-12-16(22-17(13)15)18(20)19(2)14-9-5-4-6-10-14/h4-12H,3H2,1-2H3. The lowest BCUT2D eigenvalue weighted by atomic mass is 10.2. The fraction of sp³-hybridized carbons (Fsp3) is 0.167. The quantitative estimate of drug-likeness (QED) is 0.727. The van der Waals surface area contributed by atoms with E-state index < -0.39 is 0 Å². The predicted octanol–water partition coefficient (Wildman–Crippen LogP) is 4.11. The summed E-state index contributed by atoms with van der Waals surface area (Å²) in [7, 11) is 1.73. The van der Waals surface area contributed by atoms with Gasteiger partial charge in [0.1, 0.15) is 0 Å². The minimum Gasteiger partial charge on any atom is -0.490 e.